The van der Waals surface area contributed by atoms with Crippen molar-refractivity contribution >= 4 is 29.0 Å². The van der Waals surface area contributed by atoms with E-state index in [9.17, 15) is 4.79 Å². The number of anilines is 4. The first-order valence-electron chi connectivity index (χ1n) is 10.9. The second-order valence-corrected chi connectivity index (χ2v) is 8.22. The van der Waals surface area contributed by atoms with Crippen LogP contribution in [0, 0.1) is 13.8 Å². The fraction of sp³-hybridized carbons (Fsp3) is 0.320. The fourth-order valence-corrected chi connectivity index (χ4v) is 3.90. The van der Waals surface area contributed by atoms with Gasteiger partial charge in [-0.25, -0.2) is 4.98 Å². The third-order valence-electron chi connectivity index (χ3n) is 5.49. The highest BCUT2D eigenvalue weighted by Gasteiger charge is 2.14. The molecule has 6 heteroatoms. The quantitative estimate of drug-likeness (QED) is 0.472. The summed E-state index contributed by atoms with van der Waals surface area (Å²) in [5.74, 6) is 1.31. The third kappa shape index (κ3) is 5.81. The van der Waals surface area contributed by atoms with Crippen molar-refractivity contribution in [2.24, 2.45) is 0 Å². The first-order valence-corrected chi connectivity index (χ1v) is 10.9. The average Bonchev–Trinajstić information content (AvgIpc) is 2.75. The van der Waals surface area contributed by atoms with Crippen molar-refractivity contribution in [1.82, 2.24) is 9.97 Å². The zero-order valence-corrected chi connectivity index (χ0v) is 18.1. The molecule has 160 valence electrons. The lowest BCUT2D eigenvalue weighted by Gasteiger charge is -2.23. The van der Waals surface area contributed by atoms with Gasteiger partial charge in [0, 0.05) is 34.7 Å². The smallest absolute Gasteiger partial charge is 0.255 e. The highest BCUT2D eigenvalue weighted by atomic mass is 16.1. The molecule has 4 rings (SSSR count). The van der Waals surface area contributed by atoms with Gasteiger partial charge in [-0.2, -0.15) is 4.98 Å². The number of nitrogens with one attached hydrogen (secondary N) is 3. The maximum atomic E-state index is 12.4. The van der Waals surface area contributed by atoms with Gasteiger partial charge in [0.2, 0.25) is 5.95 Å². The molecule has 0 saturated heterocycles. The lowest BCUT2D eigenvalue weighted by Crippen LogP contribution is -2.23. The van der Waals surface area contributed by atoms with Crippen molar-refractivity contribution < 1.29 is 4.79 Å². The molecule has 1 fully saturated rings. The number of hydrogen-bond donors (Lipinski definition) is 3. The summed E-state index contributed by atoms with van der Waals surface area (Å²) in [4.78, 5) is 21.6. The molecule has 0 aliphatic heterocycles. The van der Waals surface area contributed by atoms with Crippen LogP contribution < -0.4 is 16.0 Å². The summed E-state index contributed by atoms with van der Waals surface area (Å²) in [6.07, 6.45) is 6.20. The zero-order valence-electron chi connectivity index (χ0n) is 18.1. The van der Waals surface area contributed by atoms with Gasteiger partial charge in [0.25, 0.3) is 5.91 Å². The van der Waals surface area contributed by atoms with Gasteiger partial charge in [0.15, 0.2) is 0 Å². The highest BCUT2D eigenvalue weighted by molar-refractivity contribution is 6.04. The van der Waals surface area contributed by atoms with Crippen molar-refractivity contribution in [3.63, 3.8) is 0 Å². The van der Waals surface area contributed by atoms with E-state index >= 15 is 0 Å². The number of rotatable bonds is 6. The highest BCUT2D eigenvalue weighted by Crippen LogP contribution is 2.23. The molecule has 3 N–H and O–H groups in total. The van der Waals surface area contributed by atoms with Gasteiger partial charge >= 0.3 is 0 Å². The van der Waals surface area contributed by atoms with E-state index in [1.807, 2.05) is 68.4 Å². The maximum absolute atomic E-state index is 12.4. The molecule has 3 aromatic rings. The van der Waals surface area contributed by atoms with Crippen molar-refractivity contribution in [2.75, 3.05) is 16.0 Å². The Kier molecular flexibility index (Phi) is 6.46. The van der Waals surface area contributed by atoms with E-state index < -0.39 is 0 Å². The molecule has 1 aromatic heterocycles. The number of benzene rings is 2. The SMILES string of the molecule is Cc1cccc(C(=O)Nc2ccc(Nc3cc(C)nc(NC4CCCCC4)n3)cc2)c1. The number of aromatic nitrogens is 2. The summed E-state index contributed by atoms with van der Waals surface area (Å²) in [6.45, 7) is 3.95. The minimum Gasteiger partial charge on any atom is -0.351 e. The van der Waals surface area contributed by atoms with Crippen molar-refractivity contribution in [3.8, 4) is 0 Å². The van der Waals surface area contributed by atoms with Crippen LogP contribution in [0.5, 0.6) is 0 Å². The largest absolute Gasteiger partial charge is 0.351 e. The summed E-state index contributed by atoms with van der Waals surface area (Å²) < 4.78 is 0. The second kappa shape index (κ2) is 9.60. The first-order chi connectivity index (χ1) is 15.0. The van der Waals surface area contributed by atoms with E-state index in [1.165, 1.54) is 32.1 Å². The Morgan fingerprint density at radius 3 is 2.39 bits per heavy atom. The van der Waals surface area contributed by atoms with Crippen LogP contribution in [-0.4, -0.2) is 21.9 Å². The molecule has 0 atom stereocenters. The normalized spacial score (nSPS) is 14.1. The average molecular weight is 416 g/mol. The van der Waals surface area contributed by atoms with Crippen molar-refractivity contribution in [2.45, 2.75) is 52.0 Å². The van der Waals surface area contributed by atoms with E-state index in [2.05, 4.69) is 25.9 Å². The minimum atomic E-state index is -0.116. The fourth-order valence-electron chi connectivity index (χ4n) is 3.90. The molecule has 6 nitrogen and oxygen atoms in total. The molecule has 1 aliphatic carbocycles. The number of carbonyl (C=O) groups is 1. The van der Waals surface area contributed by atoms with E-state index in [1.54, 1.807) is 0 Å². The summed E-state index contributed by atoms with van der Waals surface area (Å²) in [6, 6.07) is 17.6. The Bertz CT molecular complexity index is 1040. The third-order valence-corrected chi connectivity index (χ3v) is 5.49. The standard InChI is InChI=1S/C25H29N5O/c1-17-7-6-8-19(15-17)24(31)28-22-13-11-21(12-14-22)27-23-16-18(2)26-25(30-23)29-20-9-4-3-5-10-20/h6-8,11-16,20H,3-5,9-10H2,1-2H3,(H,28,31)(H2,26,27,29,30). The minimum absolute atomic E-state index is 0.116. The summed E-state index contributed by atoms with van der Waals surface area (Å²) in [5.41, 5.74) is 4.27. The molecule has 1 saturated carbocycles. The van der Waals surface area contributed by atoms with Gasteiger partial charge in [0.05, 0.1) is 0 Å². The molecular weight excluding hydrogens is 386 g/mol. The Morgan fingerprint density at radius 1 is 0.903 bits per heavy atom. The molecule has 0 spiro atoms. The maximum Gasteiger partial charge on any atom is 0.255 e. The number of hydrogen-bond acceptors (Lipinski definition) is 5. The first kappa shape index (κ1) is 20.8. The van der Waals surface area contributed by atoms with Crippen LogP contribution in [0.25, 0.3) is 0 Å². The Labute approximate surface area is 183 Å². The van der Waals surface area contributed by atoms with E-state index in [4.69, 9.17) is 0 Å². The Balaban J connectivity index is 1.40. The van der Waals surface area contributed by atoms with Gasteiger partial charge < -0.3 is 16.0 Å². The molecule has 1 heterocycles. The number of aryl methyl sites for hydroxylation is 2. The van der Waals surface area contributed by atoms with Crippen molar-refractivity contribution in [1.29, 1.82) is 0 Å². The molecule has 0 unspecified atom stereocenters. The Hall–Kier alpha value is -3.41. The summed E-state index contributed by atoms with van der Waals surface area (Å²) >= 11 is 0. The number of carbonyl (C=O) groups excluding carboxylic acids is 1. The number of amides is 1. The van der Waals surface area contributed by atoms with Crippen LogP contribution in [0.1, 0.15) is 53.7 Å². The molecule has 0 bridgehead atoms. The second-order valence-electron chi connectivity index (χ2n) is 8.22. The van der Waals surface area contributed by atoms with Gasteiger partial charge in [-0.3, -0.25) is 4.79 Å². The Morgan fingerprint density at radius 2 is 1.65 bits per heavy atom. The zero-order chi connectivity index (χ0) is 21.6. The van der Waals surface area contributed by atoms with Crippen LogP contribution in [-0.2, 0) is 0 Å². The lowest BCUT2D eigenvalue weighted by molar-refractivity contribution is 0.102. The monoisotopic (exact) mass is 415 g/mol. The van der Waals surface area contributed by atoms with Crippen LogP contribution in [0.3, 0.4) is 0 Å². The van der Waals surface area contributed by atoms with Gasteiger partial charge in [-0.1, -0.05) is 37.0 Å². The molecule has 0 radical (unpaired) electrons. The summed E-state index contributed by atoms with van der Waals surface area (Å²) in [5, 5.41) is 9.76. The van der Waals surface area contributed by atoms with Crippen LogP contribution >= 0.6 is 0 Å². The predicted molar refractivity (Wildman–Crippen MR) is 126 cm³/mol. The molecule has 1 amide bonds. The van der Waals surface area contributed by atoms with Gasteiger partial charge in [-0.15, -0.1) is 0 Å². The van der Waals surface area contributed by atoms with Gasteiger partial charge in [-0.05, 0) is 63.1 Å². The van der Waals surface area contributed by atoms with Gasteiger partial charge in [0.1, 0.15) is 5.82 Å². The lowest BCUT2D eigenvalue weighted by atomic mass is 9.96. The molecule has 1 aliphatic rings. The van der Waals surface area contributed by atoms with E-state index in [-0.39, 0.29) is 5.91 Å². The molecule has 31 heavy (non-hydrogen) atoms. The van der Waals surface area contributed by atoms with E-state index in [0.717, 1.165) is 28.5 Å². The predicted octanol–water partition coefficient (Wildman–Crippen LogP) is 5.83. The molecular formula is C25H29N5O. The summed E-state index contributed by atoms with van der Waals surface area (Å²) in [7, 11) is 0. The number of nitrogens with zero attached hydrogens (tertiary/aromatic N) is 2. The topological polar surface area (TPSA) is 78.9 Å². The van der Waals surface area contributed by atoms with Crippen molar-refractivity contribution in [3.05, 3.63) is 71.4 Å². The van der Waals surface area contributed by atoms with Crippen LogP contribution in [0.2, 0.25) is 0 Å². The van der Waals surface area contributed by atoms with E-state index in [0.29, 0.717) is 17.6 Å². The van der Waals surface area contributed by atoms with Crippen LogP contribution in [0.15, 0.2) is 54.6 Å². The van der Waals surface area contributed by atoms with Crippen LogP contribution in [0.4, 0.5) is 23.1 Å². The molecule has 2 aromatic carbocycles.